The largest absolute Gasteiger partial charge is 0.462 e. The van der Waals surface area contributed by atoms with Gasteiger partial charge in [0.05, 0.1) is 6.61 Å². The van der Waals surface area contributed by atoms with Crippen LogP contribution in [0.15, 0.2) is 17.1 Å². The fraction of sp³-hybridized carbons (Fsp3) is 0.545. The summed E-state index contributed by atoms with van der Waals surface area (Å²) >= 11 is 0. The van der Waals surface area contributed by atoms with Gasteiger partial charge in [0.15, 0.2) is 0 Å². The maximum absolute atomic E-state index is 11.0. The molecule has 0 aliphatic rings. The topological polar surface area (TPSA) is 67.8 Å². The maximum atomic E-state index is 11.0. The van der Waals surface area contributed by atoms with Gasteiger partial charge in [-0.15, -0.1) is 0 Å². The lowest BCUT2D eigenvalue weighted by atomic mass is 10.3. The van der Waals surface area contributed by atoms with E-state index in [4.69, 9.17) is 4.74 Å². The van der Waals surface area contributed by atoms with E-state index in [1.807, 2.05) is 0 Å². The Morgan fingerprint density at radius 2 is 2.12 bits per heavy atom. The van der Waals surface area contributed by atoms with Crippen LogP contribution in [-0.2, 0) is 9.53 Å². The second kappa shape index (κ2) is 8.64. The Morgan fingerprint density at radius 1 is 1.44 bits per heavy atom. The van der Waals surface area contributed by atoms with Crippen molar-refractivity contribution < 1.29 is 14.3 Å². The van der Waals surface area contributed by atoms with Crippen molar-refractivity contribution in [1.29, 1.82) is 0 Å². The number of carbonyl (C=O) groups excluding carboxylic acids is 2. The number of esters is 1. The second-order valence-electron chi connectivity index (χ2n) is 3.24. The van der Waals surface area contributed by atoms with Gasteiger partial charge in [-0.05, 0) is 26.7 Å². The molecule has 0 saturated heterocycles. The third kappa shape index (κ3) is 7.73. The highest BCUT2D eigenvalue weighted by Gasteiger charge is 2.01. The molecule has 0 saturated carbocycles. The molecule has 0 aromatic carbocycles. The lowest BCUT2D eigenvalue weighted by Gasteiger charge is -2.04. The number of amides is 2. The number of nitrogens with one attached hydrogen (secondary N) is 1. The fourth-order valence-corrected chi connectivity index (χ4v) is 0.873. The van der Waals surface area contributed by atoms with E-state index < -0.39 is 0 Å². The first-order valence-corrected chi connectivity index (χ1v) is 5.17. The number of hydrogen-bond acceptors (Lipinski definition) is 3. The maximum Gasteiger partial charge on any atom is 0.340 e. The van der Waals surface area contributed by atoms with Crippen LogP contribution in [0.1, 0.15) is 26.7 Å². The van der Waals surface area contributed by atoms with Crippen LogP contribution in [0.2, 0.25) is 0 Å². The SMILES string of the molecule is C=C(C)C(=O)OCCCCNC(=O)N=CC. The third-order valence-electron chi connectivity index (χ3n) is 1.68. The minimum absolute atomic E-state index is 0.346. The molecule has 0 radical (unpaired) electrons. The Hall–Kier alpha value is -1.65. The number of unbranched alkanes of at least 4 members (excludes halogenated alkanes) is 1. The lowest BCUT2D eigenvalue weighted by molar-refractivity contribution is -0.139. The molecule has 0 heterocycles. The highest BCUT2D eigenvalue weighted by molar-refractivity contribution is 5.86. The van der Waals surface area contributed by atoms with Crippen molar-refractivity contribution in [3.8, 4) is 0 Å². The van der Waals surface area contributed by atoms with Crippen molar-refractivity contribution in [2.24, 2.45) is 4.99 Å². The molecule has 1 N–H and O–H groups in total. The Morgan fingerprint density at radius 3 is 2.69 bits per heavy atom. The summed E-state index contributed by atoms with van der Waals surface area (Å²) in [5.74, 6) is -0.375. The number of hydrogen-bond donors (Lipinski definition) is 1. The van der Waals surface area contributed by atoms with Crippen LogP contribution in [-0.4, -0.2) is 31.4 Å². The predicted octanol–water partition coefficient (Wildman–Crippen LogP) is 1.69. The van der Waals surface area contributed by atoms with Crippen LogP contribution < -0.4 is 5.32 Å². The van der Waals surface area contributed by atoms with Gasteiger partial charge in [0.1, 0.15) is 0 Å². The molecular formula is C11H18N2O3. The molecule has 90 valence electrons. The van der Waals surface area contributed by atoms with E-state index in [0.29, 0.717) is 25.1 Å². The quantitative estimate of drug-likeness (QED) is 0.324. The molecule has 0 fully saturated rings. The van der Waals surface area contributed by atoms with Crippen LogP contribution in [0, 0.1) is 0 Å². The van der Waals surface area contributed by atoms with Gasteiger partial charge in [0.2, 0.25) is 0 Å². The molecular weight excluding hydrogens is 208 g/mol. The van der Waals surface area contributed by atoms with Gasteiger partial charge in [-0.1, -0.05) is 6.58 Å². The summed E-state index contributed by atoms with van der Waals surface area (Å²) in [6.07, 6.45) is 2.88. The Balaban J connectivity index is 3.38. The molecule has 0 aromatic rings. The molecule has 2 amide bonds. The van der Waals surface area contributed by atoms with E-state index in [2.05, 4.69) is 16.9 Å². The molecule has 5 nitrogen and oxygen atoms in total. The summed E-state index contributed by atoms with van der Waals surface area (Å²) in [5.41, 5.74) is 0.394. The zero-order chi connectivity index (χ0) is 12.4. The molecule has 0 spiro atoms. The number of carbonyl (C=O) groups is 2. The first-order valence-electron chi connectivity index (χ1n) is 5.17. The van der Waals surface area contributed by atoms with Crippen molar-refractivity contribution in [2.75, 3.05) is 13.2 Å². The standard InChI is InChI=1S/C11H18N2O3/c1-4-12-11(15)13-7-5-6-8-16-10(14)9(2)3/h4H,2,5-8H2,1,3H3,(H,13,15). The summed E-state index contributed by atoms with van der Waals surface area (Å²) in [6.45, 7) is 7.62. The highest BCUT2D eigenvalue weighted by atomic mass is 16.5. The van der Waals surface area contributed by atoms with Gasteiger partial charge in [-0.3, -0.25) is 0 Å². The van der Waals surface area contributed by atoms with Crippen LogP contribution in [0.3, 0.4) is 0 Å². The van der Waals surface area contributed by atoms with Gasteiger partial charge < -0.3 is 10.1 Å². The van der Waals surface area contributed by atoms with E-state index in [1.165, 1.54) is 6.21 Å². The Kier molecular flexibility index (Phi) is 7.75. The molecule has 0 unspecified atom stereocenters. The molecule has 0 rings (SSSR count). The highest BCUT2D eigenvalue weighted by Crippen LogP contribution is 1.95. The average Bonchev–Trinajstić information content (AvgIpc) is 2.23. The van der Waals surface area contributed by atoms with Crippen molar-refractivity contribution in [3.63, 3.8) is 0 Å². The first-order chi connectivity index (χ1) is 7.57. The zero-order valence-corrected chi connectivity index (χ0v) is 9.78. The summed E-state index contributed by atoms with van der Waals surface area (Å²) in [5, 5.41) is 2.60. The molecule has 5 heteroatoms. The summed E-state index contributed by atoms with van der Waals surface area (Å²) < 4.78 is 4.88. The fourth-order valence-electron chi connectivity index (χ4n) is 0.873. The summed E-state index contributed by atoms with van der Waals surface area (Å²) in [4.78, 5) is 25.3. The van der Waals surface area contributed by atoms with Gasteiger partial charge >= 0.3 is 12.0 Å². The number of aliphatic imine (C=N–C) groups is 1. The van der Waals surface area contributed by atoms with E-state index >= 15 is 0 Å². The van der Waals surface area contributed by atoms with Crippen molar-refractivity contribution in [1.82, 2.24) is 5.32 Å². The number of ether oxygens (including phenoxy) is 1. The minimum atomic E-state index is -0.375. The average molecular weight is 226 g/mol. The molecule has 0 atom stereocenters. The van der Waals surface area contributed by atoms with Crippen LogP contribution in [0.5, 0.6) is 0 Å². The molecule has 0 aliphatic carbocycles. The van der Waals surface area contributed by atoms with Crippen molar-refractivity contribution in [2.45, 2.75) is 26.7 Å². The smallest absolute Gasteiger partial charge is 0.340 e. The van der Waals surface area contributed by atoms with E-state index in [0.717, 1.165) is 6.42 Å². The molecule has 0 bridgehead atoms. The lowest BCUT2D eigenvalue weighted by Crippen LogP contribution is -2.21. The van der Waals surface area contributed by atoms with Gasteiger partial charge in [0, 0.05) is 18.3 Å². The summed E-state index contributed by atoms with van der Waals surface area (Å²) in [7, 11) is 0. The first kappa shape index (κ1) is 14.3. The van der Waals surface area contributed by atoms with Gasteiger partial charge in [-0.2, -0.15) is 0 Å². The van der Waals surface area contributed by atoms with Gasteiger partial charge in [0.25, 0.3) is 0 Å². The van der Waals surface area contributed by atoms with E-state index in [-0.39, 0.29) is 12.0 Å². The molecule has 16 heavy (non-hydrogen) atoms. The Labute approximate surface area is 95.6 Å². The zero-order valence-electron chi connectivity index (χ0n) is 9.78. The number of rotatable bonds is 6. The predicted molar refractivity (Wildman–Crippen MR) is 62.6 cm³/mol. The third-order valence-corrected chi connectivity index (χ3v) is 1.68. The van der Waals surface area contributed by atoms with Crippen LogP contribution in [0.25, 0.3) is 0 Å². The van der Waals surface area contributed by atoms with Crippen LogP contribution >= 0.6 is 0 Å². The van der Waals surface area contributed by atoms with Crippen LogP contribution in [0.4, 0.5) is 4.79 Å². The number of urea groups is 1. The monoisotopic (exact) mass is 226 g/mol. The number of nitrogens with zero attached hydrogens (tertiary/aromatic N) is 1. The summed E-state index contributed by atoms with van der Waals surface area (Å²) in [6, 6.07) is -0.346. The second-order valence-corrected chi connectivity index (χ2v) is 3.24. The Bertz CT molecular complexity index is 285. The molecule has 0 aliphatic heterocycles. The molecule has 0 aromatic heterocycles. The normalized spacial score (nSPS) is 10.1. The van der Waals surface area contributed by atoms with E-state index in [1.54, 1.807) is 13.8 Å². The van der Waals surface area contributed by atoms with Crippen molar-refractivity contribution >= 4 is 18.2 Å². The van der Waals surface area contributed by atoms with Crippen molar-refractivity contribution in [3.05, 3.63) is 12.2 Å². The van der Waals surface area contributed by atoms with E-state index in [9.17, 15) is 9.59 Å². The van der Waals surface area contributed by atoms with Gasteiger partial charge in [-0.25, -0.2) is 14.6 Å². The minimum Gasteiger partial charge on any atom is -0.462 e.